The van der Waals surface area contributed by atoms with Crippen molar-refractivity contribution in [1.82, 2.24) is 0 Å². The maximum absolute atomic E-state index is 11.2. The number of hydrogen-bond donors (Lipinski definition) is 1. The number of methoxy groups -OCH3 is 1. The molecule has 1 aromatic rings. The van der Waals surface area contributed by atoms with E-state index in [4.69, 9.17) is 4.74 Å². The molecular weight excluding hydrogens is 214 g/mol. The third kappa shape index (κ3) is 3.22. The molecule has 1 rings (SSSR count). The number of amides is 1. The fourth-order valence-electron chi connectivity index (χ4n) is 1.95. The maximum Gasteiger partial charge on any atom is 0.221 e. The van der Waals surface area contributed by atoms with Crippen molar-refractivity contribution in [3.8, 4) is 5.75 Å². The summed E-state index contributed by atoms with van der Waals surface area (Å²) >= 11 is 0. The summed E-state index contributed by atoms with van der Waals surface area (Å²) in [5.74, 6) is 0.609. The smallest absolute Gasteiger partial charge is 0.221 e. The number of carbonyl (C=O) groups excluding carboxylic acids is 1. The normalized spacial score (nSPS) is 11.2. The Morgan fingerprint density at radius 3 is 2.29 bits per heavy atom. The van der Waals surface area contributed by atoms with Crippen molar-refractivity contribution < 1.29 is 9.53 Å². The van der Waals surface area contributed by atoms with Gasteiger partial charge in [0, 0.05) is 6.92 Å². The van der Waals surface area contributed by atoms with Gasteiger partial charge in [-0.3, -0.25) is 4.79 Å². The molecule has 0 radical (unpaired) electrons. The Morgan fingerprint density at radius 1 is 1.29 bits per heavy atom. The molecule has 3 heteroatoms. The van der Waals surface area contributed by atoms with Crippen molar-refractivity contribution in [2.24, 2.45) is 0 Å². The van der Waals surface area contributed by atoms with E-state index in [9.17, 15) is 4.79 Å². The molecule has 0 aromatic heterocycles. The van der Waals surface area contributed by atoms with E-state index in [0.717, 1.165) is 5.69 Å². The highest BCUT2D eigenvalue weighted by molar-refractivity contribution is 5.90. The number of hydrogen-bond acceptors (Lipinski definition) is 2. The Hall–Kier alpha value is -1.51. The Kier molecular flexibility index (Phi) is 3.81. The Labute approximate surface area is 103 Å². The summed E-state index contributed by atoms with van der Waals surface area (Å²) < 4.78 is 5.28. The molecule has 0 saturated heterocycles. The zero-order valence-corrected chi connectivity index (χ0v) is 11.5. The molecule has 17 heavy (non-hydrogen) atoms. The molecule has 94 valence electrons. The minimum Gasteiger partial charge on any atom is -0.495 e. The second-order valence-electron chi connectivity index (χ2n) is 5.30. The van der Waals surface area contributed by atoms with Gasteiger partial charge in [-0.1, -0.05) is 20.8 Å². The lowest BCUT2D eigenvalue weighted by molar-refractivity contribution is -0.114. The molecule has 0 saturated carbocycles. The van der Waals surface area contributed by atoms with Gasteiger partial charge in [-0.15, -0.1) is 0 Å². The van der Waals surface area contributed by atoms with E-state index < -0.39 is 0 Å². The highest BCUT2D eigenvalue weighted by Crippen LogP contribution is 2.34. The van der Waals surface area contributed by atoms with Crippen LogP contribution in [-0.4, -0.2) is 13.0 Å². The average Bonchev–Trinajstić information content (AvgIpc) is 2.17. The first-order valence-electron chi connectivity index (χ1n) is 5.72. The summed E-state index contributed by atoms with van der Waals surface area (Å²) in [5.41, 5.74) is 3.16. The SMILES string of the molecule is COc1cc(C)c(C(C)(C)C)cc1NC(C)=O. The minimum atomic E-state index is -0.0907. The number of benzene rings is 1. The molecule has 1 N–H and O–H groups in total. The van der Waals surface area contributed by atoms with Gasteiger partial charge in [-0.2, -0.15) is 0 Å². The highest BCUT2D eigenvalue weighted by Gasteiger charge is 2.19. The molecule has 0 unspecified atom stereocenters. The second kappa shape index (κ2) is 4.78. The first kappa shape index (κ1) is 13.6. The van der Waals surface area contributed by atoms with Crippen LogP contribution in [0.3, 0.4) is 0 Å². The Bertz CT molecular complexity index is 431. The fraction of sp³-hybridized carbons (Fsp3) is 0.500. The van der Waals surface area contributed by atoms with Gasteiger partial charge in [0.1, 0.15) is 5.75 Å². The van der Waals surface area contributed by atoms with Gasteiger partial charge < -0.3 is 10.1 Å². The first-order valence-corrected chi connectivity index (χ1v) is 5.72. The minimum absolute atomic E-state index is 0.0452. The van der Waals surface area contributed by atoms with Gasteiger partial charge >= 0.3 is 0 Å². The number of carbonyl (C=O) groups is 1. The summed E-state index contributed by atoms with van der Waals surface area (Å²) in [6.07, 6.45) is 0. The second-order valence-corrected chi connectivity index (χ2v) is 5.30. The molecule has 0 aliphatic heterocycles. The van der Waals surface area contributed by atoms with Gasteiger partial charge in [-0.25, -0.2) is 0 Å². The summed E-state index contributed by atoms with van der Waals surface area (Å²) in [7, 11) is 1.61. The van der Waals surface area contributed by atoms with Crippen LogP contribution in [0.5, 0.6) is 5.75 Å². The molecule has 0 fully saturated rings. The van der Waals surface area contributed by atoms with Crippen LogP contribution < -0.4 is 10.1 Å². The summed E-state index contributed by atoms with van der Waals surface area (Å²) in [6.45, 7) is 10.0. The molecule has 1 aromatic carbocycles. The van der Waals surface area contributed by atoms with Crippen molar-refractivity contribution >= 4 is 11.6 Å². The fourth-order valence-corrected chi connectivity index (χ4v) is 1.95. The lowest BCUT2D eigenvalue weighted by Gasteiger charge is -2.23. The molecule has 0 spiro atoms. The van der Waals surface area contributed by atoms with Crippen LogP contribution in [0, 0.1) is 6.92 Å². The molecule has 0 bridgehead atoms. The third-order valence-electron chi connectivity index (χ3n) is 2.67. The van der Waals surface area contributed by atoms with Crippen molar-refractivity contribution in [2.75, 3.05) is 12.4 Å². The average molecular weight is 235 g/mol. The van der Waals surface area contributed by atoms with Gasteiger partial charge in [0.2, 0.25) is 5.91 Å². The third-order valence-corrected chi connectivity index (χ3v) is 2.67. The van der Waals surface area contributed by atoms with Gasteiger partial charge in [0.05, 0.1) is 12.8 Å². The van der Waals surface area contributed by atoms with Crippen LogP contribution in [0.2, 0.25) is 0 Å². The summed E-state index contributed by atoms with van der Waals surface area (Å²) in [4.78, 5) is 11.2. The Morgan fingerprint density at radius 2 is 1.88 bits per heavy atom. The standard InChI is InChI=1S/C14H21NO2/c1-9-7-13(17-6)12(15-10(2)16)8-11(9)14(3,4)5/h7-8H,1-6H3,(H,15,16). The highest BCUT2D eigenvalue weighted by atomic mass is 16.5. The number of rotatable bonds is 2. The topological polar surface area (TPSA) is 38.3 Å². The van der Waals surface area contributed by atoms with E-state index in [1.54, 1.807) is 7.11 Å². The molecule has 3 nitrogen and oxygen atoms in total. The molecule has 0 atom stereocenters. The largest absolute Gasteiger partial charge is 0.495 e. The van der Waals surface area contributed by atoms with E-state index in [1.807, 2.05) is 12.1 Å². The zero-order valence-electron chi connectivity index (χ0n) is 11.5. The van der Waals surface area contributed by atoms with Crippen LogP contribution in [0.1, 0.15) is 38.8 Å². The van der Waals surface area contributed by atoms with E-state index in [0.29, 0.717) is 5.75 Å². The van der Waals surface area contributed by atoms with Gasteiger partial charge in [-0.05, 0) is 35.6 Å². The van der Waals surface area contributed by atoms with Gasteiger partial charge in [0.25, 0.3) is 0 Å². The maximum atomic E-state index is 11.2. The number of ether oxygens (including phenoxy) is 1. The van der Waals surface area contributed by atoms with Gasteiger partial charge in [0.15, 0.2) is 0 Å². The monoisotopic (exact) mass is 235 g/mol. The molecule has 0 aliphatic carbocycles. The summed E-state index contributed by atoms with van der Waals surface area (Å²) in [5, 5.41) is 2.80. The van der Waals surface area contributed by atoms with Crippen LogP contribution in [0.25, 0.3) is 0 Å². The molecule has 1 amide bonds. The van der Waals surface area contributed by atoms with Crippen molar-refractivity contribution in [1.29, 1.82) is 0 Å². The quantitative estimate of drug-likeness (QED) is 0.854. The predicted octanol–water partition coefficient (Wildman–Crippen LogP) is 3.26. The Balaban J connectivity index is 3.32. The predicted molar refractivity (Wildman–Crippen MR) is 70.7 cm³/mol. The number of nitrogens with one attached hydrogen (secondary N) is 1. The van der Waals surface area contributed by atoms with Crippen LogP contribution in [-0.2, 0) is 10.2 Å². The lowest BCUT2D eigenvalue weighted by atomic mass is 9.83. The van der Waals surface area contributed by atoms with E-state index >= 15 is 0 Å². The molecular formula is C14H21NO2. The van der Waals surface area contributed by atoms with E-state index in [1.165, 1.54) is 18.1 Å². The molecule has 0 heterocycles. The van der Waals surface area contributed by atoms with Crippen molar-refractivity contribution in [3.63, 3.8) is 0 Å². The number of aryl methyl sites for hydroxylation is 1. The van der Waals surface area contributed by atoms with Crippen LogP contribution >= 0.6 is 0 Å². The van der Waals surface area contributed by atoms with Crippen molar-refractivity contribution in [3.05, 3.63) is 23.3 Å². The summed E-state index contributed by atoms with van der Waals surface area (Å²) in [6, 6.07) is 3.96. The first-order chi connectivity index (χ1) is 7.75. The molecule has 0 aliphatic rings. The van der Waals surface area contributed by atoms with E-state index in [2.05, 4.69) is 33.0 Å². The zero-order chi connectivity index (χ0) is 13.2. The lowest BCUT2D eigenvalue weighted by Crippen LogP contribution is -2.15. The van der Waals surface area contributed by atoms with Crippen LogP contribution in [0.15, 0.2) is 12.1 Å². The van der Waals surface area contributed by atoms with Crippen molar-refractivity contribution in [2.45, 2.75) is 40.0 Å². The number of anilines is 1. The van der Waals surface area contributed by atoms with Crippen LogP contribution in [0.4, 0.5) is 5.69 Å². The van der Waals surface area contributed by atoms with E-state index in [-0.39, 0.29) is 11.3 Å².